The van der Waals surface area contributed by atoms with Gasteiger partial charge in [-0.15, -0.1) is 0 Å². The van der Waals surface area contributed by atoms with Crippen LogP contribution in [-0.2, 0) is 11.2 Å². The Balaban J connectivity index is 3.07. The molecule has 1 atom stereocenters. The molecule has 1 rings (SSSR count). The fourth-order valence-corrected chi connectivity index (χ4v) is 3.14. The molecule has 21 heavy (non-hydrogen) atoms. The molecule has 0 aliphatic carbocycles. The molecule has 0 spiro atoms. The summed E-state index contributed by atoms with van der Waals surface area (Å²) in [6.07, 6.45) is 2.34. The van der Waals surface area contributed by atoms with Crippen LogP contribution in [-0.4, -0.2) is 24.8 Å². The normalized spacial score (nSPS) is 13.4. The molecule has 0 bridgehead atoms. The van der Waals surface area contributed by atoms with E-state index < -0.39 is 0 Å². The van der Waals surface area contributed by atoms with E-state index in [1.807, 2.05) is 6.92 Å². The van der Waals surface area contributed by atoms with Gasteiger partial charge in [0.2, 0.25) is 0 Å². The zero-order valence-electron chi connectivity index (χ0n) is 13.5. The quantitative estimate of drug-likeness (QED) is 0.719. The molecule has 0 heterocycles. The number of benzene rings is 1. The predicted octanol–water partition coefficient (Wildman–Crippen LogP) is 4.60. The molecule has 1 N–H and O–H groups in total. The molecule has 2 nitrogen and oxygen atoms in total. The minimum Gasteiger partial charge on any atom is -0.374 e. The Hall–Kier alpha value is -0.640. The smallest absolute Gasteiger partial charge is 0.126 e. The molecule has 0 saturated heterocycles. The van der Waals surface area contributed by atoms with Crippen molar-refractivity contribution in [1.29, 1.82) is 0 Å². The fourth-order valence-electron chi connectivity index (χ4n) is 2.95. The van der Waals surface area contributed by atoms with Crippen LogP contribution >= 0.6 is 11.6 Å². The van der Waals surface area contributed by atoms with Crippen molar-refractivity contribution < 1.29 is 9.13 Å². The van der Waals surface area contributed by atoms with Crippen LogP contribution in [0, 0.1) is 5.82 Å². The van der Waals surface area contributed by atoms with Crippen molar-refractivity contribution in [2.75, 3.05) is 13.2 Å². The topological polar surface area (TPSA) is 21.3 Å². The third-order valence-electron chi connectivity index (χ3n) is 4.15. The first-order valence-corrected chi connectivity index (χ1v) is 8.22. The molecule has 4 heteroatoms. The zero-order chi connectivity index (χ0) is 15.9. The second-order valence-electron chi connectivity index (χ2n) is 5.26. The Morgan fingerprint density at radius 1 is 1.24 bits per heavy atom. The van der Waals surface area contributed by atoms with Crippen molar-refractivity contribution in [1.82, 2.24) is 5.32 Å². The third kappa shape index (κ3) is 4.67. The Kier molecular flexibility index (Phi) is 7.64. The number of hydrogen-bond donors (Lipinski definition) is 1. The maximum Gasteiger partial charge on any atom is 0.126 e. The molecule has 0 aliphatic heterocycles. The maximum absolute atomic E-state index is 14.0. The lowest BCUT2D eigenvalue weighted by Crippen LogP contribution is -2.53. The standard InChI is InChI=1S/C17H27ClFNO/c1-5-17(6-2,21-8-4)16(20-7-3)12-13-11-14(18)9-10-15(13)19/h9-11,16,20H,5-8,12H2,1-4H3. The van der Waals surface area contributed by atoms with Crippen molar-refractivity contribution in [2.24, 2.45) is 0 Å². The second-order valence-corrected chi connectivity index (χ2v) is 5.69. The van der Waals surface area contributed by atoms with Crippen molar-refractivity contribution in [3.8, 4) is 0 Å². The van der Waals surface area contributed by atoms with Crippen LogP contribution in [0.4, 0.5) is 4.39 Å². The molecule has 0 aliphatic rings. The molecule has 1 aromatic carbocycles. The van der Waals surface area contributed by atoms with E-state index in [1.165, 1.54) is 6.07 Å². The molecular weight excluding hydrogens is 289 g/mol. The summed E-state index contributed by atoms with van der Waals surface area (Å²) in [4.78, 5) is 0. The lowest BCUT2D eigenvalue weighted by atomic mass is 9.84. The summed E-state index contributed by atoms with van der Waals surface area (Å²) in [5, 5.41) is 4.04. The Morgan fingerprint density at radius 3 is 2.43 bits per heavy atom. The summed E-state index contributed by atoms with van der Waals surface area (Å²) in [5.41, 5.74) is 0.360. The first-order valence-electron chi connectivity index (χ1n) is 7.84. The summed E-state index contributed by atoms with van der Waals surface area (Å²) in [5.74, 6) is -0.208. The Morgan fingerprint density at radius 2 is 1.90 bits per heavy atom. The molecule has 0 saturated carbocycles. The zero-order valence-corrected chi connectivity index (χ0v) is 14.3. The van der Waals surface area contributed by atoms with E-state index in [2.05, 4.69) is 26.1 Å². The molecule has 0 aromatic heterocycles. The Bertz CT molecular complexity index is 435. The van der Waals surface area contributed by atoms with Crippen molar-refractivity contribution in [3.63, 3.8) is 0 Å². The lowest BCUT2D eigenvalue weighted by molar-refractivity contribution is -0.0717. The SMILES string of the molecule is CCNC(Cc1cc(Cl)ccc1F)C(CC)(CC)OCC. The van der Waals surface area contributed by atoms with Crippen LogP contribution in [0.1, 0.15) is 46.1 Å². The van der Waals surface area contributed by atoms with E-state index >= 15 is 0 Å². The molecule has 1 unspecified atom stereocenters. The van der Waals surface area contributed by atoms with Crippen molar-refractivity contribution in [3.05, 3.63) is 34.6 Å². The van der Waals surface area contributed by atoms with Crippen LogP contribution in [0.3, 0.4) is 0 Å². The number of nitrogens with one attached hydrogen (secondary N) is 1. The van der Waals surface area contributed by atoms with Gasteiger partial charge in [0.05, 0.1) is 5.60 Å². The van der Waals surface area contributed by atoms with E-state index in [1.54, 1.807) is 12.1 Å². The average molecular weight is 316 g/mol. The third-order valence-corrected chi connectivity index (χ3v) is 4.38. The van der Waals surface area contributed by atoms with Gasteiger partial charge in [0.15, 0.2) is 0 Å². The van der Waals surface area contributed by atoms with Crippen LogP contribution < -0.4 is 5.32 Å². The molecule has 0 amide bonds. The van der Waals surface area contributed by atoms with Gasteiger partial charge in [-0.1, -0.05) is 32.4 Å². The monoisotopic (exact) mass is 315 g/mol. The number of ether oxygens (including phenoxy) is 1. The van der Waals surface area contributed by atoms with Gasteiger partial charge in [-0.2, -0.15) is 0 Å². The minimum atomic E-state index is -0.278. The van der Waals surface area contributed by atoms with E-state index in [-0.39, 0.29) is 17.5 Å². The number of rotatable bonds is 9. The van der Waals surface area contributed by atoms with Crippen LogP contribution in [0.5, 0.6) is 0 Å². The largest absolute Gasteiger partial charge is 0.374 e. The summed E-state index contributed by atoms with van der Waals surface area (Å²) < 4.78 is 20.1. The lowest BCUT2D eigenvalue weighted by Gasteiger charge is -2.40. The first-order chi connectivity index (χ1) is 10.0. The van der Waals surface area contributed by atoms with Crippen molar-refractivity contribution in [2.45, 2.75) is 58.6 Å². The van der Waals surface area contributed by atoms with Gasteiger partial charge in [-0.25, -0.2) is 4.39 Å². The van der Waals surface area contributed by atoms with E-state index in [0.29, 0.717) is 23.6 Å². The highest BCUT2D eigenvalue weighted by Crippen LogP contribution is 2.28. The number of halogens is 2. The Labute approximate surface area is 133 Å². The van der Waals surface area contributed by atoms with Gasteiger partial charge in [0.25, 0.3) is 0 Å². The minimum absolute atomic E-state index is 0.0606. The first kappa shape index (κ1) is 18.4. The molecular formula is C17H27ClFNO. The van der Waals surface area contributed by atoms with Crippen LogP contribution in [0.25, 0.3) is 0 Å². The van der Waals surface area contributed by atoms with Gasteiger partial charge in [-0.05, 0) is 56.5 Å². The highest BCUT2D eigenvalue weighted by molar-refractivity contribution is 6.30. The molecule has 120 valence electrons. The number of likely N-dealkylation sites (N-methyl/N-ethyl adjacent to an activating group) is 1. The highest BCUT2D eigenvalue weighted by atomic mass is 35.5. The molecule has 0 fully saturated rings. The summed E-state index contributed by atoms with van der Waals surface area (Å²) in [7, 11) is 0. The van der Waals surface area contributed by atoms with E-state index in [9.17, 15) is 4.39 Å². The van der Waals surface area contributed by atoms with E-state index in [4.69, 9.17) is 16.3 Å². The number of hydrogen-bond acceptors (Lipinski definition) is 2. The summed E-state index contributed by atoms with van der Waals surface area (Å²) in [6, 6.07) is 4.79. The average Bonchev–Trinajstić information content (AvgIpc) is 2.48. The van der Waals surface area contributed by atoms with Gasteiger partial charge in [0, 0.05) is 17.7 Å². The van der Waals surface area contributed by atoms with Gasteiger partial charge in [-0.3, -0.25) is 0 Å². The van der Waals surface area contributed by atoms with Gasteiger partial charge in [0.1, 0.15) is 5.82 Å². The van der Waals surface area contributed by atoms with Gasteiger partial charge < -0.3 is 10.1 Å². The van der Waals surface area contributed by atoms with Gasteiger partial charge >= 0.3 is 0 Å². The van der Waals surface area contributed by atoms with Crippen LogP contribution in [0.2, 0.25) is 5.02 Å². The predicted molar refractivity (Wildman–Crippen MR) is 87.5 cm³/mol. The summed E-state index contributed by atoms with van der Waals surface area (Å²) in [6.45, 7) is 9.78. The highest BCUT2D eigenvalue weighted by Gasteiger charge is 2.36. The van der Waals surface area contributed by atoms with E-state index in [0.717, 1.165) is 19.4 Å². The fraction of sp³-hybridized carbons (Fsp3) is 0.647. The maximum atomic E-state index is 14.0. The second kappa shape index (κ2) is 8.72. The summed E-state index contributed by atoms with van der Waals surface area (Å²) >= 11 is 6.00. The molecule has 1 aromatic rings. The molecule has 0 radical (unpaired) electrons. The van der Waals surface area contributed by atoms with Crippen LogP contribution in [0.15, 0.2) is 18.2 Å². The van der Waals surface area contributed by atoms with Crippen molar-refractivity contribution >= 4 is 11.6 Å².